The van der Waals surface area contributed by atoms with Crippen molar-refractivity contribution in [2.75, 3.05) is 7.11 Å². The summed E-state index contributed by atoms with van der Waals surface area (Å²) in [5, 5.41) is 0.701. The SMILES string of the molecule is COc1ccccc1OCc1nc(C)c(C(=O)NN)s1. The number of para-hydroxylation sites is 2. The first-order valence-electron chi connectivity index (χ1n) is 5.88. The van der Waals surface area contributed by atoms with Crippen LogP contribution in [0.15, 0.2) is 24.3 Å². The van der Waals surface area contributed by atoms with Crippen LogP contribution in [0.5, 0.6) is 11.5 Å². The van der Waals surface area contributed by atoms with Crippen LogP contribution in [-0.2, 0) is 6.61 Å². The minimum Gasteiger partial charge on any atom is -0.493 e. The van der Waals surface area contributed by atoms with Crippen LogP contribution in [-0.4, -0.2) is 18.0 Å². The number of hydrogen-bond acceptors (Lipinski definition) is 6. The number of thiazole rings is 1. The number of nitrogens with zero attached hydrogens (tertiary/aromatic N) is 1. The Morgan fingerprint density at radius 2 is 2.10 bits per heavy atom. The van der Waals surface area contributed by atoms with Gasteiger partial charge >= 0.3 is 0 Å². The summed E-state index contributed by atoms with van der Waals surface area (Å²) in [5.74, 6) is 6.06. The van der Waals surface area contributed by atoms with Gasteiger partial charge in [0.2, 0.25) is 0 Å². The number of nitrogen functional groups attached to an aromatic ring is 1. The number of nitrogens with one attached hydrogen (secondary N) is 1. The topological polar surface area (TPSA) is 86.5 Å². The Labute approximate surface area is 120 Å². The molecule has 0 radical (unpaired) electrons. The molecule has 2 aromatic rings. The van der Waals surface area contributed by atoms with Crippen molar-refractivity contribution in [2.45, 2.75) is 13.5 Å². The lowest BCUT2D eigenvalue weighted by atomic mass is 10.3. The van der Waals surface area contributed by atoms with E-state index in [4.69, 9.17) is 15.3 Å². The molecule has 7 heteroatoms. The number of aromatic nitrogens is 1. The molecule has 0 bridgehead atoms. The summed E-state index contributed by atoms with van der Waals surface area (Å²) in [6, 6.07) is 7.35. The fourth-order valence-corrected chi connectivity index (χ4v) is 2.55. The summed E-state index contributed by atoms with van der Waals surface area (Å²) in [6.07, 6.45) is 0. The Balaban J connectivity index is 2.10. The number of nitrogens with two attached hydrogens (primary N) is 1. The molecule has 3 N–H and O–H groups in total. The molecule has 106 valence electrons. The number of amides is 1. The van der Waals surface area contributed by atoms with E-state index in [1.807, 2.05) is 24.3 Å². The van der Waals surface area contributed by atoms with Gasteiger partial charge in [-0.2, -0.15) is 0 Å². The van der Waals surface area contributed by atoms with Crippen LogP contribution in [0.3, 0.4) is 0 Å². The number of carbonyl (C=O) groups is 1. The normalized spacial score (nSPS) is 10.2. The van der Waals surface area contributed by atoms with Gasteiger partial charge in [-0.05, 0) is 19.1 Å². The van der Waals surface area contributed by atoms with Gasteiger partial charge in [-0.3, -0.25) is 10.2 Å². The van der Waals surface area contributed by atoms with Crippen molar-refractivity contribution in [3.8, 4) is 11.5 Å². The summed E-state index contributed by atoms with van der Waals surface area (Å²) in [6.45, 7) is 2.03. The summed E-state index contributed by atoms with van der Waals surface area (Å²) in [4.78, 5) is 16.3. The number of carbonyl (C=O) groups excluding carboxylic acids is 1. The zero-order valence-corrected chi connectivity index (χ0v) is 12.0. The Morgan fingerprint density at radius 1 is 1.40 bits per heavy atom. The van der Waals surface area contributed by atoms with Gasteiger partial charge in [0.25, 0.3) is 5.91 Å². The highest BCUT2D eigenvalue weighted by molar-refractivity contribution is 7.13. The average Bonchev–Trinajstić information content (AvgIpc) is 2.85. The van der Waals surface area contributed by atoms with Gasteiger partial charge in [0.15, 0.2) is 11.5 Å². The molecule has 2 rings (SSSR count). The van der Waals surface area contributed by atoms with Gasteiger partial charge in [-0.25, -0.2) is 10.8 Å². The summed E-state index contributed by atoms with van der Waals surface area (Å²) in [5.41, 5.74) is 2.73. The fraction of sp³-hybridized carbons (Fsp3) is 0.231. The summed E-state index contributed by atoms with van der Waals surface area (Å²) < 4.78 is 10.9. The van der Waals surface area contributed by atoms with Crippen molar-refractivity contribution in [3.63, 3.8) is 0 Å². The smallest absolute Gasteiger partial charge is 0.277 e. The lowest BCUT2D eigenvalue weighted by Gasteiger charge is -2.08. The van der Waals surface area contributed by atoms with Gasteiger partial charge in [0.1, 0.15) is 16.5 Å². The van der Waals surface area contributed by atoms with Gasteiger partial charge in [-0.15, -0.1) is 11.3 Å². The number of hydrogen-bond donors (Lipinski definition) is 2. The third kappa shape index (κ3) is 3.06. The predicted molar refractivity (Wildman–Crippen MR) is 75.8 cm³/mol. The second-order valence-electron chi connectivity index (χ2n) is 3.94. The van der Waals surface area contributed by atoms with E-state index in [2.05, 4.69) is 10.4 Å². The second-order valence-corrected chi connectivity index (χ2v) is 5.02. The van der Waals surface area contributed by atoms with E-state index in [1.54, 1.807) is 14.0 Å². The van der Waals surface area contributed by atoms with Crippen LogP contribution in [0.25, 0.3) is 0 Å². The first kappa shape index (κ1) is 14.3. The molecule has 0 aliphatic heterocycles. The van der Waals surface area contributed by atoms with Gasteiger partial charge in [0.05, 0.1) is 12.8 Å². The number of ether oxygens (including phenoxy) is 2. The molecule has 0 spiro atoms. The third-order valence-corrected chi connectivity index (χ3v) is 3.73. The third-order valence-electron chi connectivity index (χ3n) is 2.60. The maximum atomic E-state index is 11.5. The molecule has 20 heavy (non-hydrogen) atoms. The average molecular weight is 293 g/mol. The molecule has 0 saturated carbocycles. The van der Waals surface area contributed by atoms with Gasteiger partial charge in [0, 0.05) is 0 Å². The molecule has 6 nitrogen and oxygen atoms in total. The van der Waals surface area contributed by atoms with Crippen LogP contribution in [0.2, 0.25) is 0 Å². The van der Waals surface area contributed by atoms with E-state index in [9.17, 15) is 4.79 Å². The lowest BCUT2D eigenvalue weighted by Crippen LogP contribution is -2.29. The van der Waals surface area contributed by atoms with Crippen LogP contribution < -0.4 is 20.7 Å². The Morgan fingerprint density at radius 3 is 2.75 bits per heavy atom. The fourth-order valence-electron chi connectivity index (χ4n) is 1.67. The minimum absolute atomic E-state index is 0.268. The molecule has 0 saturated heterocycles. The molecule has 0 aliphatic carbocycles. The molecular weight excluding hydrogens is 278 g/mol. The van der Waals surface area contributed by atoms with Crippen molar-refractivity contribution in [2.24, 2.45) is 5.84 Å². The van der Waals surface area contributed by atoms with Crippen molar-refractivity contribution in [1.82, 2.24) is 10.4 Å². The number of aryl methyl sites for hydroxylation is 1. The number of rotatable bonds is 5. The molecule has 1 aromatic carbocycles. The maximum Gasteiger partial charge on any atom is 0.277 e. The molecular formula is C13H15N3O3S. The van der Waals surface area contributed by atoms with Crippen molar-refractivity contribution in [3.05, 3.63) is 39.8 Å². The van der Waals surface area contributed by atoms with Crippen molar-refractivity contribution < 1.29 is 14.3 Å². The van der Waals surface area contributed by atoms with Crippen LogP contribution in [0, 0.1) is 6.92 Å². The molecule has 1 amide bonds. The van der Waals surface area contributed by atoms with E-state index in [0.717, 1.165) is 0 Å². The minimum atomic E-state index is -0.344. The highest BCUT2D eigenvalue weighted by atomic mass is 32.1. The zero-order valence-electron chi connectivity index (χ0n) is 11.2. The van der Waals surface area contributed by atoms with E-state index in [1.165, 1.54) is 11.3 Å². The standard InChI is InChI=1S/C13H15N3O3S/c1-8-12(13(17)16-14)20-11(15-8)7-19-10-6-4-3-5-9(10)18-2/h3-6H,7,14H2,1-2H3,(H,16,17). The summed E-state index contributed by atoms with van der Waals surface area (Å²) in [7, 11) is 1.58. The zero-order chi connectivity index (χ0) is 14.5. The molecule has 1 heterocycles. The molecule has 0 unspecified atom stereocenters. The van der Waals surface area contributed by atoms with Crippen LogP contribution in [0.1, 0.15) is 20.4 Å². The van der Waals surface area contributed by atoms with Gasteiger partial charge in [-0.1, -0.05) is 12.1 Å². The Kier molecular flexibility index (Phi) is 4.54. The predicted octanol–water partition coefficient (Wildman–Crippen LogP) is 1.64. The lowest BCUT2D eigenvalue weighted by molar-refractivity contribution is 0.0957. The summed E-state index contributed by atoms with van der Waals surface area (Å²) >= 11 is 1.26. The first-order valence-corrected chi connectivity index (χ1v) is 6.70. The highest BCUT2D eigenvalue weighted by Gasteiger charge is 2.14. The number of methoxy groups -OCH3 is 1. The molecule has 0 atom stereocenters. The number of hydrazine groups is 1. The number of benzene rings is 1. The highest BCUT2D eigenvalue weighted by Crippen LogP contribution is 2.27. The first-order chi connectivity index (χ1) is 9.65. The van der Waals surface area contributed by atoms with E-state index >= 15 is 0 Å². The van der Waals surface area contributed by atoms with E-state index < -0.39 is 0 Å². The van der Waals surface area contributed by atoms with Crippen molar-refractivity contribution >= 4 is 17.2 Å². The molecule has 1 aromatic heterocycles. The van der Waals surface area contributed by atoms with Crippen LogP contribution >= 0.6 is 11.3 Å². The largest absolute Gasteiger partial charge is 0.493 e. The van der Waals surface area contributed by atoms with Crippen LogP contribution in [0.4, 0.5) is 0 Å². The molecule has 0 aliphatic rings. The Bertz CT molecular complexity index is 613. The maximum absolute atomic E-state index is 11.5. The second kappa shape index (κ2) is 6.36. The van der Waals surface area contributed by atoms with E-state index in [-0.39, 0.29) is 12.5 Å². The monoisotopic (exact) mass is 293 g/mol. The van der Waals surface area contributed by atoms with Crippen molar-refractivity contribution in [1.29, 1.82) is 0 Å². The quantitative estimate of drug-likeness (QED) is 0.497. The van der Waals surface area contributed by atoms with Gasteiger partial charge < -0.3 is 9.47 Å². The molecule has 0 fully saturated rings. The van der Waals surface area contributed by atoms with E-state index in [0.29, 0.717) is 27.1 Å². The Hall–Kier alpha value is -2.12.